The molecule has 2 nitrogen and oxygen atoms in total. The van der Waals surface area contributed by atoms with E-state index in [9.17, 15) is 0 Å². The predicted molar refractivity (Wildman–Crippen MR) is 48.8 cm³/mol. The van der Waals surface area contributed by atoms with Gasteiger partial charge in [0.2, 0.25) is 0 Å². The van der Waals surface area contributed by atoms with Crippen molar-refractivity contribution in [3.05, 3.63) is 11.6 Å². The van der Waals surface area contributed by atoms with Gasteiger partial charge in [-0.2, -0.15) is 0 Å². The summed E-state index contributed by atoms with van der Waals surface area (Å²) in [5, 5.41) is 0. The fourth-order valence-corrected chi connectivity index (χ4v) is 2.14. The predicted octanol–water partition coefficient (Wildman–Crippen LogP) is 1.46. The van der Waals surface area contributed by atoms with E-state index in [0.717, 1.165) is 19.6 Å². The van der Waals surface area contributed by atoms with Crippen LogP contribution in [0.15, 0.2) is 11.6 Å². The highest BCUT2D eigenvalue weighted by Crippen LogP contribution is 2.27. The van der Waals surface area contributed by atoms with E-state index >= 15 is 0 Å². The van der Waals surface area contributed by atoms with Crippen LogP contribution < -0.4 is 5.73 Å². The lowest BCUT2D eigenvalue weighted by Crippen LogP contribution is -2.31. The molecule has 0 radical (unpaired) electrons. The maximum Gasteiger partial charge on any atom is 0.0513 e. The largest absolute Gasteiger partial charge is 0.381 e. The van der Waals surface area contributed by atoms with E-state index in [2.05, 4.69) is 6.08 Å². The molecule has 0 bridgehead atoms. The second kappa shape index (κ2) is 3.58. The van der Waals surface area contributed by atoms with Crippen molar-refractivity contribution in [1.29, 1.82) is 0 Å². The molecule has 68 valence electrons. The van der Waals surface area contributed by atoms with Crippen LogP contribution in [-0.4, -0.2) is 19.3 Å². The minimum absolute atomic E-state index is 0.287. The Morgan fingerprint density at radius 3 is 3.08 bits per heavy atom. The Hall–Kier alpha value is -0.340. The molecule has 12 heavy (non-hydrogen) atoms. The summed E-state index contributed by atoms with van der Waals surface area (Å²) in [5.41, 5.74) is 7.61. The van der Waals surface area contributed by atoms with Crippen LogP contribution in [0.5, 0.6) is 0 Å². The number of hydrogen-bond donors (Lipinski definition) is 1. The van der Waals surface area contributed by atoms with E-state index in [1.165, 1.54) is 24.8 Å². The van der Waals surface area contributed by atoms with Crippen molar-refractivity contribution in [2.75, 3.05) is 13.2 Å². The van der Waals surface area contributed by atoms with Gasteiger partial charge in [-0.05, 0) is 25.7 Å². The number of nitrogens with two attached hydrogens (primary N) is 1. The fraction of sp³-hybridized carbons (Fsp3) is 0.800. The molecule has 2 rings (SSSR count). The lowest BCUT2D eigenvalue weighted by Gasteiger charge is -2.18. The van der Waals surface area contributed by atoms with E-state index in [-0.39, 0.29) is 6.04 Å². The summed E-state index contributed by atoms with van der Waals surface area (Å²) in [4.78, 5) is 0. The minimum Gasteiger partial charge on any atom is -0.381 e. The SMILES string of the molecule is NC(C1=CCCC1)C1CCOC1. The van der Waals surface area contributed by atoms with E-state index in [0.29, 0.717) is 5.92 Å². The van der Waals surface area contributed by atoms with Crippen LogP contribution in [0.2, 0.25) is 0 Å². The first kappa shape index (κ1) is 8.27. The van der Waals surface area contributed by atoms with Crippen molar-refractivity contribution in [1.82, 2.24) is 0 Å². The maximum atomic E-state index is 6.14. The highest BCUT2D eigenvalue weighted by molar-refractivity contribution is 5.16. The van der Waals surface area contributed by atoms with Crippen LogP contribution >= 0.6 is 0 Å². The van der Waals surface area contributed by atoms with Crippen molar-refractivity contribution >= 4 is 0 Å². The zero-order valence-corrected chi connectivity index (χ0v) is 7.46. The van der Waals surface area contributed by atoms with E-state index in [1.54, 1.807) is 0 Å². The molecule has 1 aliphatic carbocycles. The molecule has 1 aliphatic heterocycles. The maximum absolute atomic E-state index is 6.14. The first-order chi connectivity index (χ1) is 5.88. The monoisotopic (exact) mass is 167 g/mol. The second-order valence-electron chi connectivity index (χ2n) is 3.82. The Bertz CT molecular complexity index is 182. The molecule has 1 fully saturated rings. The third-order valence-electron chi connectivity index (χ3n) is 2.98. The smallest absolute Gasteiger partial charge is 0.0513 e. The number of rotatable bonds is 2. The Balaban J connectivity index is 1.93. The molecular formula is C10H17NO. The van der Waals surface area contributed by atoms with Gasteiger partial charge in [0, 0.05) is 18.6 Å². The molecular weight excluding hydrogens is 150 g/mol. The molecule has 2 heteroatoms. The van der Waals surface area contributed by atoms with Gasteiger partial charge in [-0.1, -0.05) is 11.6 Å². The van der Waals surface area contributed by atoms with Crippen LogP contribution in [0, 0.1) is 5.92 Å². The van der Waals surface area contributed by atoms with Crippen LogP contribution in [0.4, 0.5) is 0 Å². The minimum atomic E-state index is 0.287. The molecule has 2 N–H and O–H groups in total. The summed E-state index contributed by atoms with van der Waals surface area (Å²) in [7, 11) is 0. The lowest BCUT2D eigenvalue weighted by atomic mass is 9.93. The van der Waals surface area contributed by atoms with Crippen LogP contribution in [0.3, 0.4) is 0 Å². The molecule has 0 aromatic carbocycles. The van der Waals surface area contributed by atoms with Gasteiger partial charge < -0.3 is 10.5 Å². The summed E-state index contributed by atoms with van der Waals surface area (Å²) in [6.45, 7) is 1.78. The summed E-state index contributed by atoms with van der Waals surface area (Å²) >= 11 is 0. The highest BCUT2D eigenvalue weighted by Gasteiger charge is 2.26. The van der Waals surface area contributed by atoms with Gasteiger partial charge in [0.05, 0.1) is 6.61 Å². The number of ether oxygens (including phenoxy) is 1. The average molecular weight is 167 g/mol. The van der Waals surface area contributed by atoms with Gasteiger partial charge in [0.1, 0.15) is 0 Å². The van der Waals surface area contributed by atoms with Gasteiger partial charge in [-0.25, -0.2) is 0 Å². The van der Waals surface area contributed by atoms with Crippen molar-refractivity contribution in [3.8, 4) is 0 Å². The Morgan fingerprint density at radius 2 is 2.50 bits per heavy atom. The van der Waals surface area contributed by atoms with Gasteiger partial charge >= 0.3 is 0 Å². The second-order valence-corrected chi connectivity index (χ2v) is 3.82. The molecule has 0 saturated carbocycles. The van der Waals surface area contributed by atoms with Gasteiger partial charge in [-0.15, -0.1) is 0 Å². The lowest BCUT2D eigenvalue weighted by molar-refractivity contribution is 0.183. The van der Waals surface area contributed by atoms with Crippen LogP contribution in [0.25, 0.3) is 0 Å². The molecule has 1 saturated heterocycles. The van der Waals surface area contributed by atoms with Crippen molar-refractivity contribution in [2.24, 2.45) is 11.7 Å². The van der Waals surface area contributed by atoms with E-state index < -0.39 is 0 Å². The van der Waals surface area contributed by atoms with E-state index in [1.807, 2.05) is 0 Å². The normalized spacial score (nSPS) is 32.1. The summed E-state index contributed by atoms with van der Waals surface area (Å²) < 4.78 is 5.33. The van der Waals surface area contributed by atoms with Crippen LogP contribution in [0.1, 0.15) is 25.7 Å². The molecule has 2 unspecified atom stereocenters. The first-order valence-corrected chi connectivity index (χ1v) is 4.90. The first-order valence-electron chi connectivity index (χ1n) is 4.90. The van der Waals surface area contributed by atoms with Crippen molar-refractivity contribution < 1.29 is 4.74 Å². The van der Waals surface area contributed by atoms with Crippen molar-refractivity contribution in [3.63, 3.8) is 0 Å². The zero-order valence-electron chi connectivity index (χ0n) is 7.46. The molecule has 0 aromatic heterocycles. The number of hydrogen-bond acceptors (Lipinski definition) is 2. The summed E-state index contributed by atoms with van der Waals surface area (Å²) in [6.07, 6.45) is 7.23. The Morgan fingerprint density at radius 1 is 1.58 bits per heavy atom. The van der Waals surface area contributed by atoms with Gasteiger partial charge in [0.15, 0.2) is 0 Å². The van der Waals surface area contributed by atoms with Gasteiger partial charge in [0.25, 0.3) is 0 Å². The molecule has 0 spiro atoms. The fourth-order valence-electron chi connectivity index (χ4n) is 2.14. The average Bonchev–Trinajstić information content (AvgIpc) is 2.77. The summed E-state index contributed by atoms with van der Waals surface area (Å²) in [5.74, 6) is 0.592. The van der Waals surface area contributed by atoms with Crippen LogP contribution in [-0.2, 0) is 4.74 Å². The molecule has 0 amide bonds. The third-order valence-corrected chi connectivity index (χ3v) is 2.98. The molecule has 2 aliphatic rings. The summed E-state index contributed by atoms with van der Waals surface area (Å²) in [6, 6.07) is 0.287. The van der Waals surface area contributed by atoms with E-state index in [4.69, 9.17) is 10.5 Å². The molecule has 0 aromatic rings. The Kier molecular flexibility index (Phi) is 2.47. The third kappa shape index (κ3) is 1.54. The molecule has 2 atom stereocenters. The van der Waals surface area contributed by atoms with Gasteiger partial charge in [-0.3, -0.25) is 0 Å². The topological polar surface area (TPSA) is 35.2 Å². The zero-order chi connectivity index (χ0) is 8.39. The van der Waals surface area contributed by atoms with Crippen molar-refractivity contribution in [2.45, 2.75) is 31.7 Å². The highest BCUT2D eigenvalue weighted by atomic mass is 16.5. The Labute approximate surface area is 73.8 Å². The quantitative estimate of drug-likeness (QED) is 0.632. The molecule has 1 heterocycles. The number of allylic oxidation sites excluding steroid dienone is 1. The standard InChI is InChI=1S/C10H17NO/c11-10(8-3-1-2-4-8)9-5-6-12-7-9/h3,9-10H,1-2,4-7,11H2.